The van der Waals surface area contributed by atoms with E-state index < -0.39 is 0 Å². The molecular formula is C22H28N5OS+. The first-order chi connectivity index (χ1) is 14.0. The number of quaternary nitrogens is 1. The molecule has 0 saturated carbocycles. The lowest BCUT2D eigenvalue weighted by atomic mass is 10.1. The molecule has 7 heteroatoms. The van der Waals surface area contributed by atoms with E-state index in [1.54, 1.807) is 7.11 Å². The van der Waals surface area contributed by atoms with Gasteiger partial charge in [-0.2, -0.15) is 9.78 Å². The largest absolute Gasteiger partial charge is 0.497 e. The highest BCUT2D eigenvalue weighted by Crippen LogP contribution is 2.19. The van der Waals surface area contributed by atoms with Gasteiger partial charge in [0.25, 0.3) is 0 Å². The molecule has 0 bridgehead atoms. The van der Waals surface area contributed by atoms with Crippen molar-refractivity contribution >= 4 is 17.9 Å². The number of piperazine rings is 1. The molecule has 0 amide bonds. The number of nitrogens with zero attached hydrogens (tertiary/aromatic N) is 4. The number of hydrogen-bond acceptors (Lipinski definition) is 4. The summed E-state index contributed by atoms with van der Waals surface area (Å²) in [5, 5.41) is 4.58. The van der Waals surface area contributed by atoms with Crippen LogP contribution in [0.25, 0.3) is 5.69 Å². The Hall–Kier alpha value is -2.64. The lowest BCUT2D eigenvalue weighted by Gasteiger charge is -2.33. The van der Waals surface area contributed by atoms with E-state index in [2.05, 4.69) is 54.2 Å². The monoisotopic (exact) mass is 410 g/mol. The Labute approximate surface area is 176 Å². The molecule has 0 spiro atoms. The topological polar surface area (TPSA) is 39.7 Å². The summed E-state index contributed by atoms with van der Waals surface area (Å²) in [5.74, 6) is 0.895. The van der Waals surface area contributed by atoms with Gasteiger partial charge in [0.15, 0.2) is 6.67 Å². The number of aromatic nitrogens is 3. The van der Waals surface area contributed by atoms with Crippen molar-refractivity contribution in [1.29, 1.82) is 0 Å². The SMILES string of the molecule is COc1ccc(N2CC[NH+](Cn3ncn(-c4cc(C)ccc4C)c3=S)CC2)cc1. The van der Waals surface area contributed by atoms with Gasteiger partial charge in [-0.1, -0.05) is 12.1 Å². The van der Waals surface area contributed by atoms with Crippen molar-refractivity contribution in [3.63, 3.8) is 0 Å². The van der Waals surface area contributed by atoms with Crippen molar-refractivity contribution in [3.8, 4) is 11.4 Å². The highest BCUT2D eigenvalue weighted by molar-refractivity contribution is 7.71. The number of nitrogens with one attached hydrogen (secondary N) is 1. The predicted octanol–water partition coefficient (Wildman–Crippen LogP) is 2.39. The summed E-state index contributed by atoms with van der Waals surface area (Å²) in [5.41, 5.74) is 4.79. The summed E-state index contributed by atoms with van der Waals surface area (Å²) < 4.78 is 9.98. The zero-order valence-electron chi connectivity index (χ0n) is 17.3. The van der Waals surface area contributed by atoms with Crippen LogP contribution in [0.5, 0.6) is 5.75 Å². The fourth-order valence-corrected chi connectivity index (χ4v) is 4.09. The Morgan fingerprint density at radius 2 is 1.79 bits per heavy atom. The van der Waals surface area contributed by atoms with Crippen molar-refractivity contribution in [1.82, 2.24) is 14.3 Å². The van der Waals surface area contributed by atoms with Crippen LogP contribution in [-0.4, -0.2) is 47.6 Å². The third-order valence-electron chi connectivity index (χ3n) is 5.64. The number of aryl methyl sites for hydroxylation is 2. The van der Waals surface area contributed by atoms with Crippen molar-refractivity contribution in [3.05, 3.63) is 64.7 Å². The number of benzene rings is 2. The quantitative estimate of drug-likeness (QED) is 0.656. The van der Waals surface area contributed by atoms with Crippen LogP contribution in [0.1, 0.15) is 11.1 Å². The Bertz CT molecular complexity index is 1030. The van der Waals surface area contributed by atoms with Gasteiger partial charge in [0.05, 0.1) is 39.0 Å². The smallest absolute Gasteiger partial charge is 0.207 e. The second-order valence-corrected chi connectivity index (χ2v) is 8.03. The van der Waals surface area contributed by atoms with Crippen molar-refractivity contribution in [2.24, 2.45) is 0 Å². The average molecular weight is 411 g/mol. The number of hydrogen-bond donors (Lipinski definition) is 1. The van der Waals surface area contributed by atoms with E-state index in [9.17, 15) is 0 Å². The van der Waals surface area contributed by atoms with Crippen LogP contribution in [0.2, 0.25) is 0 Å². The van der Waals surface area contributed by atoms with Crippen LogP contribution in [0.4, 0.5) is 5.69 Å². The summed E-state index contributed by atoms with van der Waals surface area (Å²) in [4.78, 5) is 3.92. The molecule has 1 aromatic heterocycles. The Balaban J connectivity index is 1.41. The van der Waals surface area contributed by atoms with Crippen molar-refractivity contribution in [2.75, 3.05) is 38.2 Å². The van der Waals surface area contributed by atoms with Crippen LogP contribution >= 0.6 is 12.2 Å². The molecule has 1 saturated heterocycles. The molecule has 3 aromatic rings. The highest BCUT2D eigenvalue weighted by Gasteiger charge is 2.21. The van der Waals surface area contributed by atoms with E-state index in [0.29, 0.717) is 0 Å². The zero-order valence-corrected chi connectivity index (χ0v) is 18.1. The van der Waals surface area contributed by atoms with Crippen molar-refractivity contribution < 1.29 is 9.64 Å². The fourth-order valence-electron chi connectivity index (χ4n) is 3.83. The molecule has 1 fully saturated rings. The van der Waals surface area contributed by atoms with E-state index in [1.165, 1.54) is 21.7 Å². The van der Waals surface area contributed by atoms with Crippen LogP contribution < -0.4 is 14.5 Å². The van der Waals surface area contributed by atoms with Gasteiger partial charge in [0, 0.05) is 5.69 Å². The average Bonchev–Trinajstić information content (AvgIpc) is 3.10. The summed E-state index contributed by atoms with van der Waals surface area (Å²) >= 11 is 5.73. The van der Waals surface area contributed by atoms with Gasteiger partial charge in [-0.25, -0.2) is 0 Å². The molecular weight excluding hydrogens is 382 g/mol. The maximum absolute atomic E-state index is 5.73. The first-order valence-corrected chi connectivity index (χ1v) is 10.4. The first-order valence-electron chi connectivity index (χ1n) is 10.00. The molecule has 6 nitrogen and oxygen atoms in total. The van der Waals surface area contributed by atoms with Crippen LogP contribution in [0.15, 0.2) is 48.8 Å². The van der Waals surface area contributed by atoms with Crippen molar-refractivity contribution in [2.45, 2.75) is 20.5 Å². The molecule has 4 rings (SSSR count). The number of ether oxygens (including phenoxy) is 1. The van der Waals surface area contributed by atoms with E-state index in [1.807, 2.05) is 27.7 Å². The molecule has 0 unspecified atom stereocenters. The Kier molecular flexibility index (Phi) is 5.69. The fraction of sp³-hybridized carbons (Fsp3) is 0.364. The van der Waals surface area contributed by atoms with E-state index in [0.717, 1.165) is 49.1 Å². The number of anilines is 1. The normalized spacial score (nSPS) is 14.9. The number of methoxy groups -OCH3 is 1. The maximum Gasteiger partial charge on any atom is 0.207 e. The first kappa shape index (κ1) is 19.7. The highest BCUT2D eigenvalue weighted by atomic mass is 32.1. The molecule has 0 aliphatic carbocycles. The third-order valence-corrected chi connectivity index (χ3v) is 6.05. The molecule has 0 atom stereocenters. The molecule has 1 N–H and O–H groups in total. The molecule has 152 valence electrons. The zero-order chi connectivity index (χ0) is 20.4. The lowest BCUT2D eigenvalue weighted by molar-refractivity contribution is -0.924. The molecule has 1 aliphatic heterocycles. The van der Waals surface area contributed by atoms with Gasteiger partial charge in [0.2, 0.25) is 4.77 Å². The molecule has 2 aromatic carbocycles. The molecule has 2 heterocycles. The predicted molar refractivity (Wildman–Crippen MR) is 118 cm³/mol. The minimum absolute atomic E-state index is 0.754. The molecule has 29 heavy (non-hydrogen) atoms. The van der Waals surface area contributed by atoms with Crippen LogP contribution in [0, 0.1) is 18.6 Å². The van der Waals surface area contributed by atoms with E-state index >= 15 is 0 Å². The second kappa shape index (κ2) is 8.39. The van der Waals surface area contributed by atoms with Gasteiger partial charge in [0.1, 0.15) is 12.1 Å². The van der Waals surface area contributed by atoms with Gasteiger partial charge in [-0.05, 0) is 67.5 Å². The van der Waals surface area contributed by atoms with Gasteiger partial charge in [-0.15, -0.1) is 0 Å². The molecule has 0 radical (unpaired) electrons. The van der Waals surface area contributed by atoms with Crippen LogP contribution in [0.3, 0.4) is 0 Å². The molecule has 1 aliphatic rings. The Morgan fingerprint density at radius 1 is 1.07 bits per heavy atom. The second-order valence-electron chi connectivity index (χ2n) is 7.67. The van der Waals surface area contributed by atoms with E-state index in [4.69, 9.17) is 17.0 Å². The summed E-state index contributed by atoms with van der Waals surface area (Å²) in [6.45, 7) is 9.17. The van der Waals surface area contributed by atoms with Gasteiger partial charge >= 0.3 is 0 Å². The minimum atomic E-state index is 0.754. The minimum Gasteiger partial charge on any atom is -0.497 e. The third kappa shape index (κ3) is 4.21. The van der Waals surface area contributed by atoms with E-state index in [-0.39, 0.29) is 0 Å². The maximum atomic E-state index is 5.73. The summed E-state index contributed by atoms with van der Waals surface area (Å²) in [6, 6.07) is 14.7. The Morgan fingerprint density at radius 3 is 2.48 bits per heavy atom. The number of rotatable bonds is 5. The summed E-state index contributed by atoms with van der Waals surface area (Å²) in [7, 11) is 1.70. The van der Waals surface area contributed by atoms with Gasteiger partial charge < -0.3 is 14.5 Å². The van der Waals surface area contributed by atoms with Gasteiger partial charge in [-0.3, -0.25) is 4.57 Å². The standard InChI is InChI=1S/C22H27N5OS/c1-17-4-5-18(2)21(14-17)26-15-23-27(22(26)29)16-24-10-12-25(13-11-24)19-6-8-20(28-3)9-7-19/h4-9,14-15H,10-13,16H2,1-3H3/p+1. The van der Waals surface area contributed by atoms with Crippen LogP contribution in [-0.2, 0) is 6.67 Å². The summed E-state index contributed by atoms with van der Waals surface area (Å²) in [6.07, 6.45) is 1.84. The lowest BCUT2D eigenvalue weighted by Crippen LogP contribution is -3.14.